The van der Waals surface area contributed by atoms with E-state index in [1.807, 2.05) is 0 Å². The Kier molecular flexibility index (Phi) is 4.18. The van der Waals surface area contributed by atoms with Gasteiger partial charge < -0.3 is 4.84 Å². The van der Waals surface area contributed by atoms with E-state index in [9.17, 15) is 13.2 Å². The van der Waals surface area contributed by atoms with Crippen molar-refractivity contribution in [3.63, 3.8) is 0 Å². The van der Waals surface area contributed by atoms with E-state index in [1.165, 1.54) is 24.4 Å². The van der Waals surface area contributed by atoms with Gasteiger partial charge in [-0.1, -0.05) is 23.4 Å². The van der Waals surface area contributed by atoms with Gasteiger partial charge in [0.05, 0.1) is 6.21 Å². The first-order chi connectivity index (χ1) is 9.16. The summed E-state index contributed by atoms with van der Waals surface area (Å²) in [5.41, 5.74) is 0.439. The maximum Gasteiger partial charge on any atom is 0.145 e. The highest BCUT2D eigenvalue weighted by molar-refractivity contribution is 5.79. The molecule has 19 heavy (non-hydrogen) atoms. The van der Waals surface area contributed by atoms with Crippen LogP contribution in [0.2, 0.25) is 0 Å². The summed E-state index contributed by atoms with van der Waals surface area (Å²) < 4.78 is 39.1. The predicted octanol–water partition coefficient (Wildman–Crippen LogP) is 3.65. The Bertz CT molecular complexity index is 599. The first-order valence-corrected chi connectivity index (χ1v) is 5.50. The molecule has 0 aliphatic rings. The van der Waals surface area contributed by atoms with E-state index < -0.39 is 17.5 Å². The summed E-state index contributed by atoms with van der Waals surface area (Å²) in [6.45, 7) is -0.156. The van der Waals surface area contributed by atoms with E-state index in [0.29, 0.717) is 0 Å². The van der Waals surface area contributed by atoms with Crippen LogP contribution in [0.5, 0.6) is 0 Å². The van der Waals surface area contributed by atoms with Gasteiger partial charge in [-0.15, -0.1) is 0 Å². The number of hydrogen-bond acceptors (Lipinski definition) is 2. The van der Waals surface area contributed by atoms with Gasteiger partial charge in [0.2, 0.25) is 0 Å². The fourth-order valence-electron chi connectivity index (χ4n) is 1.42. The molecule has 98 valence electrons. The van der Waals surface area contributed by atoms with Crippen LogP contribution in [0.3, 0.4) is 0 Å². The molecule has 2 nitrogen and oxygen atoms in total. The van der Waals surface area contributed by atoms with E-state index in [-0.39, 0.29) is 17.7 Å². The average Bonchev–Trinajstić information content (AvgIpc) is 2.38. The molecule has 0 spiro atoms. The molecule has 0 saturated carbocycles. The minimum absolute atomic E-state index is 0.156. The van der Waals surface area contributed by atoms with Gasteiger partial charge in [0.15, 0.2) is 0 Å². The lowest BCUT2D eigenvalue weighted by Gasteiger charge is -2.01. The standard InChI is InChI=1S/C14H10F3NO/c15-12-6-5-11(14(17)7-12)9-19-18-8-10-3-1-2-4-13(10)16/h1-8H,9H2. The second kappa shape index (κ2) is 6.04. The summed E-state index contributed by atoms with van der Waals surface area (Å²) >= 11 is 0. The van der Waals surface area contributed by atoms with Crippen molar-refractivity contribution in [3.8, 4) is 0 Å². The normalized spacial score (nSPS) is 10.9. The first kappa shape index (κ1) is 13.1. The summed E-state index contributed by atoms with van der Waals surface area (Å²) in [5.74, 6) is -1.79. The van der Waals surface area contributed by atoms with Gasteiger partial charge in [0.25, 0.3) is 0 Å². The molecule has 0 unspecified atom stereocenters. The van der Waals surface area contributed by atoms with Crippen molar-refractivity contribution in [1.29, 1.82) is 0 Å². The van der Waals surface area contributed by atoms with Crippen molar-refractivity contribution in [3.05, 3.63) is 71.0 Å². The van der Waals surface area contributed by atoms with Gasteiger partial charge in [0.1, 0.15) is 24.1 Å². The van der Waals surface area contributed by atoms with E-state index in [1.54, 1.807) is 12.1 Å². The van der Waals surface area contributed by atoms with Crippen LogP contribution in [0.1, 0.15) is 11.1 Å². The van der Waals surface area contributed by atoms with E-state index in [0.717, 1.165) is 12.1 Å². The number of benzene rings is 2. The molecule has 5 heteroatoms. The van der Waals surface area contributed by atoms with Crippen LogP contribution in [0.25, 0.3) is 0 Å². The average molecular weight is 265 g/mol. The summed E-state index contributed by atoms with van der Waals surface area (Å²) in [6, 6.07) is 9.19. The Balaban J connectivity index is 1.95. The van der Waals surface area contributed by atoms with Crippen molar-refractivity contribution in [2.24, 2.45) is 5.16 Å². The van der Waals surface area contributed by atoms with E-state index in [2.05, 4.69) is 5.16 Å². The molecule has 0 aromatic heterocycles. The minimum atomic E-state index is -0.707. The Morgan fingerprint density at radius 1 is 1.00 bits per heavy atom. The highest BCUT2D eigenvalue weighted by Crippen LogP contribution is 2.10. The predicted molar refractivity (Wildman–Crippen MR) is 65.1 cm³/mol. The molecule has 0 aliphatic carbocycles. The summed E-state index contributed by atoms with van der Waals surface area (Å²) in [4.78, 5) is 4.84. The first-order valence-electron chi connectivity index (χ1n) is 5.50. The zero-order valence-electron chi connectivity index (χ0n) is 9.82. The van der Waals surface area contributed by atoms with Crippen LogP contribution in [-0.4, -0.2) is 6.21 Å². The molecule has 2 rings (SSSR count). The fourth-order valence-corrected chi connectivity index (χ4v) is 1.42. The molecule has 0 bridgehead atoms. The molecular formula is C14H10F3NO. The summed E-state index contributed by atoms with van der Waals surface area (Å²) in [5, 5.41) is 3.54. The van der Waals surface area contributed by atoms with Crippen molar-refractivity contribution < 1.29 is 18.0 Å². The molecule has 0 N–H and O–H groups in total. The highest BCUT2D eigenvalue weighted by Gasteiger charge is 2.03. The third-order valence-corrected chi connectivity index (χ3v) is 2.41. The van der Waals surface area contributed by atoms with Crippen LogP contribution in [0, 0.1) is 17.5 Å². The van der Waals surface area contributed by atoms with E-state index >= 15 is 0 Å². The van der Waals surface area contributed by atoms with Crippen LogP contribution in [0.4, 0.5) is 13.2 Å². The second-order valence-electron chi connectivity index (χ2n) is 3.77. The lowest BCUT2D eigenvalue weighted by molar-refractivity contribution is 0.129. The van der Waals surface area contributed by atoms with Crippen molar-refractivity contribution in [1.82, 2.24) is 0 Å². The number of rotatable bonds is 4. The SMILES string of the molecule is Fc1ccc(CON=Cc2ccccc2F)c(F)c1. The lowest BCUT2D eigenvalue weighted by Crippen LogP contribution is -1.94. The highest BCUT2D eigenvalue weighted by atomic mass is 19.1. The number of halogens is 3. The molecule has 2 aromatic carbocycles. The number of nitrogens with zero attached hydrogens (tertiary/aromatic N) is 1. The Hall–Kier alpha value is -2.30. The van der Waals surface area contributed by atoms with Crippen molar-refractivity contribution in [2.75, 3.05) is 0 Å². The molecule has 0 saturated heterocycles. The summed E-state index contributed by atoms with van der Waals surface area (Å²) in [6.07, 6.45) is 1.19. The van der Waals surface area contributed by atoms with Gasteiger partial charge in [0, 0.05) is 17.2 Å². The van der Waals surface area contributed by atoms with Gasteiger partial charge in [-0.25, -0.2) is 13.2 Å². The van der Waals surface area contributed by atoms with Crippen LogP contribution < -0.4 is 0 Å². The number of hydrogen-bond donors (Lipinski definition) is 0. The zero-order valence-corrected chi connectivity index (χ0v) is 9.82. The molecule has 0 heterocycles. The Morgan fingerprint density at radius 2 is 1.79 bits per heavy atom. The molecule has 0 radical (unpaired) electrons. The van der Waals surface area contributed by atoms with Crippen molar-refractivity contribution >= 4 is 6.21 Å². The van der Waals surface area contributed by atoms with Gasteiger partial charge in [-0.2, -0.15) is 0 Å². The maximum atomic E-state index is 13.2. The molecule has 0 atom stereocenters. The minimum Gasteiger partial charge on any atom is -0.391 e. The largest absolute Gasteiger partial charge is 0.391 e. The second-order valence-corrected chi connectivity index (χ2v) is 3.77. The van der Waals surface area contributed by atoms with Gasteiger partial charge in [-0.3, -0.25) is 0 Å². The smallest absolute Gasteiger partial charge is 0.145 e. The zero-order chi connectivity index (χ0) is 13.7. The van der Waals surface area contributed by atoms with Crippen LogP contribution in [0.15, 0.2) is 47.6 Å². The van der Waals surface area contributed by atoms with Gasteiger partial charge >= 0.3 is 0 Å². The fraction of sp³-hybridized carbons (Fsp3) is 0.0714. The van der Waals surface area contributed by atoms with Gasteiger partial charge in [-0.05, 0) is 18.2 Å². The topological polar surface area (TPSA) is 21.6 Å². The van der Waals surface area contributed by atoms with E-state index in [4.69, 9.17) is 4.84 Å². The molecule has 0 fully saturated rings. The quantitative estimate of drug-likeness (QED) is 0.610. The molecule has 0 amide bonds. The van der Waals surface area contributed by atoms with Crippen molar-refractivity contribution in [2.45, 2.75) is 6.61 Å². The third kappa shape index (κ3) is 3.58. The molecular weight excluding hydrogens is 255 g/mol. The maximum absolute atomic E-state index is 13.2. The van der Waals surface area contributed by atoms with Crippen LogP contribution in [-0.2, 0) is 11.4 Å². The Morgan fingerprint density at radius 3 is 2.53 bits per heavy atom. The molecule has 2 aromatic rings. The third-order valence-electron chi connectivity index (χ3n) is 2.41. The van der Waals surface area contributed by atoms with Crippen LogP contribution >= 0.6 is 0 Å². The Labute approximate surface area is 108 Å². The number of oxime groups is 1. The summed E-state index contributed by atoms with van der Waals surface area (Å²) in [7, 11) is 0. The molecule has 0 aliphatic heterocycles. The monoisotopic (exact) mass is 265 g/mol. The lowest BCUT2D eigenvalue weighted by atomic mass is 10.2.